The van der Waals surface area contributed by atoms with Crippen molar-refractivity contribution in [2.75, 3.05) is 26.0 Å². The second kappa shape index (κ2) is 12.2. The summed E-state index contributed by atoms with van der Waals surface area (Å²) in [6.45, 7) is 4.16. The molecule has 34 heavy (non-hydrogen) atoms. The Morgan fingerprint density at radius 1 is 0.765 bits per heavy atom. The third-order valence-electron chi connectivity index (χ3n) is 3.60. The van der Waals surface area contributed by atoms with Crippen LogP contribution in [-0.2, 0) is 23.9 Å². The first-order valence-electron chi connectivity index (χ1n) is 8.82. The maximum Gasteiger partial charge on any atom is 0.524 e. The second-order valence-corrected chi connectivity index (χ2v) is 9.44. The normalized spacial score (nSPS) is 11.9. The first-order valence-corrected chi connectivity index (χ1v) is 11.6. The molecule has 0 fully saturated rings. The van der Waals surface area contributed by atoms with Gasteiger partial charge in [-0.1, -0.05) is 49.0 Å². The number of halogens is 6. The number of benzene rings is 2. The van der Waals surface area contributed by atoms with E-state index in [-0.39, 0.29) is 0 Å². The summed E-state index contributed by atoms with van der Waals surface area (Å²) in [7, 11) is -8.11. The van der Waals surface area contributed by atoms with Gasteiger partial charge in [-0.05, 0) is 35.9 Å². The Morgan fingerprint density at radius 3 is 1.44 bits per heavy atom. The molecule has 2 N–H and O–H groups in total. The maximum absolute atomic E-state index is 11.4. The molecule has 0 bridgehead atoms. The van der Waals surface area contributed by atoms with E-state index in [1.54, 1.807) is 0 Å². The molecule has 0 aliphatic carbocycles. The largest absolute Gasteiger partial charge is 0.524 e. The van der Waals surface area contributed by atoms with Crippen molar-refractivity contribution in [3.05, 3.63) is 72.3 Å². The smallest absolute Gasteiger partial charge is 0.378 e. The van der Waals surface area contributed by atoms with E-state index in [2.05, 4.69) is 53.6 Å². The molecule has 0 saturated carbocycles. The van der Waals surface area contributed by atoms with Gasteiger partial charge in [0.2, 0.25) is 0 Å². The fourth-order valence-electron chi connectivity index (χ4n) is 1.96. The van der Waals surface area contributed by atoms with Gasteiger partial charge in [-0.3, -0.25) is 0 Å². The SMILES string of the molecule is C=C(c1ccccc1)c1ccc(N(C)C)cc1.CN.O=S(=O)(OS(=O)(=O)C(F)(F)F)C(F)(F)F. The Morgan fingerprint density at radius 2 is 1.12 bits per heavy atom. The van der Waals surface area contributed by atoms with Crippen LogP contribution >= 0.6 is 0 Å². The first-order chi connectivity index (χ1) is 15.4. The third kappa shape index (κ3) is 8.96. The molecule has 0 atom stereocenters. The van der Waals surface area contributed by atoms with Crippen LogP contribution in [0.25, 0.3) is 5.57 Å². The minimum atomic E-state index is -6.85. The van der Waals surface area contributed by atoms with Gasteiger partial charge >= 0.3 is 31.3 Å². The van der Waals surface area contributed by atoms with E-state index in [0.29, 0.717) is 0 Å². The lowest BCUT2D eigenvalue weighted by molar-refractivity contribution is -0.0585. The van der Waals surface area contributed by atoms with E-state index in [1.165, 1.54) is 23.9 Å². The zero-order valence-corrected chi connectivity index (χ0v) is 19.7. The molecule has 0 heterocycles. The van der Waals surface area contributed by atoms with Gasteiger partial charge in [0.15, 0.2) is 0 Å². The highest BCUT2D eigenvalue weighted by atomic mass is 32.3. The van der Waals surface area contributed by atoms with E-state index in [1.807, 2.05) is 35.9 Å². The van der Waals surface area contributed by atoms with Crippen LogP contribution in [0.1, 0.15) is 11.1 Å². The Bertz CT molecular complexity index is 1090. The number of rotatable bonds is 5. The van der Waals surface area contributed by atoms with Crippen molar-refractivity contribution in [1.82, 2.24) is 0 Å². The molecule has 2 rings (SSSR count). The quantitative estimate of drug-likeness (QED) is 0.453. The Kier molecular flexibility index (Phi) is 11.3. The summed E-state index contributed by atoms with van der Waals surface area (Å²) in [4.78, 5) is 2.09. The van der Waals surface area contributed by atoms with Crippen molar-refractivity contribution in [2.24, 2.45) is 5.73 Å². The predicted molar refractivity (Wildman–Crippen MR) is 116 cm³/mol. The van der Waals surface area contributed by atoms with Crippen molar-refractivity contribution in [3.63, 3.8) is 0 Å². The maximum atomic E-state index is 11.4. The zero-order chi connectivity index (χ0) is 27.0. The lowest BCUT2D eigenvalue weighted by atomic mass is 9.99. The average Bonchev–Trinajstić information content (AvgIpc) is 2.73. The predicted octanol–water partition coefficient (Wildman–Crippen LogP) is 4.09. The molecule has 0 aliphatic rings. The Labute approximate surface area is 193 Å². The summed E-state index contributed by atoms with van der Waals surface area (Å²) in [5.41, 5.74) is -3.41. The molecule has 0 amide bonds. The van der Waals surface area contributed by atoms with Crippen molar-refractivity contribution >= 4 is 31.5 Å². The summed E-state index contributed by atoms with van der Waals surface area (Å²) in [6, 6.07) is 18.7. The summed E-state index contributed by atoms with van der Waals surface area (Å²) >= 11 is 0. The van der Waals surface area contributed by atoms with Crippen LogP contribution in [-0.4, -0.2) is 49.0 Å². The van der Waals surface area contributed by atoms with Crippen LogP contribution in [0.2, 0.25) is 0 Å². The Balaban J connectivity index is 0.000000603. The van der Waals surface area contributed by atoms with Gasteiger partial charge in [0.1, 0.15) is 0 Å². The minimum Gasteiger partial charge on any atom is -0.378 e. The molecule has 0 spiro atoms. The van der Waals surface area contributed by atoms with Crippen LogP contribution in [0.15, 0.2) is 61.2 Å². The van der Waals surface area contributed by atoms with Crippen LogP contribution in [0.3, 0.4) is 0 Å². The second-order valence-electron chi connectivity index (χ2n) is 6.15. The van der Waals surface area contributed by atoms with Crippen molar-refractivity contribution in [1.29, 1.82) is 0 Å². The van der Waals surface area contributed by atoms with Gasteiger partial charge in [-0.2, -0.15) is 43.2 Å². The Hall–Kier alpha value is -2.62. The van der Waals surface area contributed by atoms with Crippen LogP contribution in [0, 0.1) is 0 Å². The molecule has 15 heteroatoms. The number of nitrogens with zero attached hydrogens (tertiary/aromatic N) is 1. The average molecular weight is 537 g/mol. The van der Waals surface area contributed by atoms with E-state index in [9.17, 15) is 43.2 Å². The van der Waals surface area contributed by atoms with Crippen LogP contribution in [0.5, 0.6) is 0 Å². The minimum absolute atomic E-state index is 1.07. The van der Waals surface area contributed by atoms with Crippen LogP contribution in [0.4, 0.5) is 32.0 Å². The fourth-order valence-corrected chi connectivity index (χ4v) is 3.52. The lowest BCUT2D eigenvalue weighted by Gasteiger charge is -2.13. The van der Waals surface area contributed by atoms with E-state index in [0.717, 1.165) is 5.57 Å². The number of hydrogen-bond acceptors (Lipinski definition) is 7. The molecular weight excluding hydrogens is 514 g/mol. The van der Waals surface area contributed by atoms with Gasteiger partial charge in [0.25, 0.3) is 0 Å². The van der Waals surface area contributed by atoms with Crippen LogP contribution < -0.4 is 10.6 Å². The molecule has 192 valence electrons. The number of anilines is 1. The van der Waals surface area contributed by atoms with Crippen molar-refractivity contribution < 1.29 is 46.8 Å². The molecule has 7 nitrogen and oxygen atoms in total. The van der Waals surface area contributed by atoms with Gasteiger partial charge < -0.3 is 10.6 Å². The molecule has 0 aromatic heterocycles. The van der Waals surface area contributed by atoms with Gasteiger partial charge in [-0.15, -0.1) is 3.63 Å². The molecule has 0 aliphatic heterocycles. The van der Waals surface area contributed by atoms with E-state index in [4.69, 9.17) is 0 Å². The standard InChI is InChI=1S/C16H17N.C2F6O5S2.CH5N/c1-13(14-7-5-4-6-8-14)15-9-11-16(12-10-15)17(2)3;3-1(4,5)14(9,10)13-15(11,12)2(6,7)8;1-2/h4-12H,1H2,2-3H3;;2H2,1H3. The van der Waals surface area contributed by atoms with E-state index >= 15 is 0 Å². The highest BCUT2D eigenvalue weighted by molar-refractivity contribution is 8.00. The molecule has 2 aromatic carbocycles. The van der Waals surface area contributed by atoms with Gasteiger partial charge in [0, 0.05) is 19.8 Å². The summed E-state index contributed by atoms with van der Waals surface area (Å²) in [5.74, 6) is 0. The summed E-state index contributed by atoms with van der Waals surface area (Å²) < 4.78 is 110. The van der Waals surface area contributed by atoms with Gasteiger partial charge in [-0.25, -0.2) is 0 Å². The molecule has 0 unspecified atom stereocenters. The zero-order valence-electron chi connectivity index (χ0n) is 18.1. The fraction of sp³-hybridized carbons (Fsp3) is 0.263. The number of hydrogen-bond donors (Lipinski definition) is 1. The molecule has 0 radical (unpaired) electrons. The van der Waals surface area contributed by atoms with Gasteiger partial charge in [0.05, 0.1) is 0 Å². The highest BCUT2D eigenvalue weighted by Gasteiger charge is 2.57. The lowest BCUT2D eigenvalue weighted by Crippen LogP contribution is -2.34. The topological polar surface area (TPSA) is 107 Å². The molecule has 0 saturated heterocycles. The highest BCUT2D eigenvalue weighted by Crippen LogP contribution is 2.32. The number of nitrogens with two attached hydrogens (primary N) is 1. The molecule has 2 aromatic rings. The monoisotopic (exact) mass is 536 g/mol. The van der Waals surface area contributed by atoms with E-state index < -0.39 is 31.3 Å². The summed E-state index contributed by atoms with van der Waals surface area (Å²) in [6.07, 6.45) is 0. The molecular formula is C19H22F6N2O5S2. The first kappa shape index (κ1) is 31.4. The number of alkyl halides is 6. The van der Waals surface area contributed by atoms with Crippen molar-refractivity contribution in [3.8, 4) is 0 Å². The summed E-state index contributed by atoms with van der Waals surface area (Å²) in [5, 5.41) is 0. The van der Waals surface area contributed by atoms with Crippen molar-refractivity contribution in [2.45, 2.75) is 11.0 Å². The third-order valence-corrected chi connectivity index (χ3v) is 6.17.